The van der Waals surface area contributed by atoms with Gasteiger partial charge < -0.3 is 20.9 Å². The first-order valence-corrected chi connectivity index (χ1v) is 10.7. The van der Waals surface area contributed by atoms with Gasteiger partial charge in [-0.3, -0.25) is 14.4 Å². The highest BCUT2D eigenvalue weighted by atomic mass is 16.2. The molecule has 7 heteroatoms. The van der Waals surface area contributed by atoms with Crippen LogP contribution in [0.15, 0.2) is 42.5 Å². The second-order valence-corrected chi connectivity index (χ2v) is 8.41. The van der Waals surface area contributed by atoms with Gasteiger partial charge >= 0.3 is 0 Å². The number of hydrogen-bond donors (Lipinski definition) is 2. The molecular weight excluding hydrogens is 392 g/mol. The SMILES string of the molecule is CN(C(=O)Cc1ccc2c(c1)NC(=O)C2)[C@H](CN1CCCC1)c1cccc(C(N)=O)c1. The van der Waals surface area contributed by atoms with E-state index in [0.29, 0.717) is 18.5 Å². The van der Waals surface area contributed by atoms with Gasteiger partial charge in [0.1, 0.15) is 0 Å². The number of carbonyl (C=O) groups excluding carboxylic acids is 3. The third-order valence-corrected chi connectivity index (χ3v) is 6.20. The molecule has 2 aliphatic rings. The summed E-state index contributed by atoms with van der Waals surface area (Å²) in [7, 11) is 1.81. The van der Waals surface area contributed by atoms with Gasteiger partial charge in [0.2, 0.25) is 17.7 Å². The summed E-state index contributed by atoms with van der Waals surface area (Å²) in [4.78, 5) is 40.6. The second kappa shape index (κ2) is 8.89. The second-order valence-electron chi connectivity index (χ2n) is 8.41. The molecule has 162 valence electrons. The van der Waals surface area contributed by atoms with Gasteiger partial charge in [-0.25, -0.2) is 0 Å². The van der Waals surface area contributed by atoms with Gasteiger partial charge in [-0.2, -0.15) is 0 Å². The molecule has 2 aromatic carbocycles. The summed E-state index contributed by atoms with van der Waals surface area (Å²) in [5.74, 6) is -0.510. The Labute approximate surface area is 182 Å². The van der Waals surface area contributed by atoms with Crippen LogP contribution in [-0.4, -0.2) is 54.2 Å². The van der Waals surface area contributed by atoms with Crippen LogP contribution >= 0.6 is 0 Å². The highest BCUT2D eigenvalue weighted by molar-refractivity contribution is 5.99. The van der Waals surface area contributed by atoms with E-state index in [-0.39, 0.29) is 24.3 Å². The zero-order valence-corrected chi connectivity index (χ0v) is 17.8. The van der Waals surface area contributed by atoms with Crippen molar-refractivity contribution in [2.45, 2.75) is 31.7 Å². The number of benzene rings is 2. The number of likely N-dealkylation sites (tertiary alicyclic amines) is 1. The molecule has 0 aromatic heterocycles. The van der Waals surface area contributed by atoms with Crippen molar-refractivity contribution in [3.63, 3.8) is 0 Å². The number of primary amides is 1. The summed E-state index contributed by atoms with van der Waals surface area (Å²) in [5, 5.41) is 2.84. The number of nitrogens with one attached hydrogen (secondary N) is 1. The molecule has 0 unspecified atom stereocenters. The highest BCUT2D eigenvalue weighted by Crippen LogP contribution is 2.27. The molecule has 1 saturated heterocycles. The number of anilines is 1. The van der Waals surface area contributed by atoms with E-state index in [4.69, 9.17) is 5.73 Å². The van der Waals surface area contributed by atoms with Crippen LogP contribution in [0.3, 0.4) is 0 Å². The topological polar surface area (TPSA) is 95.7 Å². The Morgan fingerprint density at radius 1 is 1.16 bits per heavy atom. The summed E-state index contributed by atoms with van der Waals surface area (Å²) in [6, 6.07) is 12.8. The van der Waals surface area contributed by atoms with Crippen molar-refractivity contribution in [3.05, 3.63) is 64.7 Å². The van der Waals surface area contributed by atoms with Gasteiger partial charge in [-0.1, -0.05) is 24.3 Å². The summed E-state index contributed by atoms with van der Waals surface area (Å²) in [6.45, 7) is 2.74. The fourth-order valence-corrected chi connectivity index (χ4v) is 4.41. The third kappa shape index (κ3) is 4.77. The first-order valence-electron chi connectivity index (χ1n) is 10.7. The summed E-state index contributed by atoms with van der Waals surface area (Å²) >= 11 is 0. The van der Waals surface area contributed by atoms with E-state index in [2.05, 4.69) is 10.2 Å². The lowest BCUT2D eigenvalue weighted by atomic mass is 10.0. The van der Waals surface area contributed by atoms with Crippen molar-refractivity contribution in [1.29, 1.82) is 0 Å². The van der Waals surface area contributed by atoms with Gasteiger partial charge in [-0.05, 0) is 60.8 Å². The molecule has 3 amide bonds. The molecule has 0 saturated carbocycles. The van der Waals surface area contributed by atoms with E-state index in [1.807, 2.05) is 37.4 Å². The molecule has 2 aromatic rings. The van der Waals surface area contributed by atoms with Crippen LogP contribution in [0.5, 0.6) is 0 Å². The Hall–Kier alpha value is -3.19. The number of rotatable bonds is 7. The molecule has 2 aliphatic heterocycles. The lowest BCUT2D eigenvalue weighted by Crippen LogP contribution is -2.39. The molecule has 0 bridgehead atoms. The Bertz CT molecular complexity index is 1010. The van der Waals surface area contributed by atoms with Gasteiger partial charge in [-0.15, -0.1) is 0 Å². The maximum atomic E-state index is 13.2. The Kier molecular flexibility index (Phi) is 6.04. The number of carbonyl (C=O) groups is 3. The Balaban J connectivity index is 1.54. The van der Waals surface area contributed by atoms with Gasteiger partial charge in [0.05, 0.1) is 18.9 Å². The molecule has 0 aliphatic carbocycles. The predicted molar refractivity (Wildman–Crippen MR) is 119 cm³/mol. The van der Waals surface area contributed by atoms with E-state index >= 15 is 0 Å². The molecule has 0 spiro atoms. The summed E-state index contributed by atoms with van der Waals surface area (Å²) < 4.78 is 0. The minimum Gasteiger partial charge on any atom is -0.366 e. The van der Waals surface area contributed by atoms with Crippen LogP contribution in [0, 0.1) is 0 Å². The smallest absolute Gasteiger partial charge is 0.248 e. The van der Waals surface area contributed by atoms with Crippen molar-refractivity contribution in [2.24, 2.45) is 5.73 Å². The van der Waals surface area contributed by atoms with Crippen molar-refractivity contribution >= 4 is 23.4 Å². The molecule has 7 nitrogen and oxygen atoms in total. The van der Waals surface area contributed by atoms with Gasteiger partial charge in [0, 0.05) is 24.8 Å². The summed E-state index contributed by atoms with van der Waals surface area (Å²) in [6.07, 6.45) is 2.95. The predicted octanol–water partition coefficient (Wildman–Crippen LogP) is 2.12. The standard InChI is InChI=1S/C24H28N4O3/c1-27(23(30)12-16-7-8-17-14-22(29)26-20(17)11-16)21(15-28-9-2-3-10-28)18-5-4-6-19(13-18)24(25)31/h4-8,11,13,21H,2-3,9-10,12,14-15H2,1H3,(H2,25,31)(H,26,29)/t21-/m1/s1. The van der Waals surface area contributed by atoms with Crippen LogP contribution in [0.4, 0.5) is 5.69 Å². The van der Waals surface area contributed by atoms with Crippen LogP contribution in [0.1, 0.15) is 45.9 Å². The summed E-state index contributed by atoms with van der Waals surface area (Å²) in [5.41, 5.74) is 9.45. The highest BCUT2D eigenvalue weighted by Gasteiger charge is 2.27. The number of nitrogens with two attached hydrogens (primary N) is 1. The maximum absolute atomic E-state index is 13.2. The largest absolute Gasteiger partial charge is 0.366 e. The lowest BCUT2D eigenvalue weighted by molar-refractivity contribution is -0.131. The number of hydrogen-bond acceptors (Lipinski definition) is 4. The van der Waals surface area contributed by atoms with E-state index in [9.17, 15) is 14.4 Å². The van der Waals surface area contributed by atoms with Crippen LogP contribution in [0.2, 0.25) is 0 Å². The number of nitrogens with zero attached hydrogens (tertiary/aromatic N) is 2. The fraction of sp³-hybridized carbons (Fsp3) is 0.375. The molecule has 4 rings (SSSR count). The lowest BCUT2D eigenvalue weighted by Gasteiger charge is -2.32. The zero-order chi connectivity index (χ0) is 22.0. The molecule has 1 atom stereocenters. The van der Waals surface area contributed by atoms with Crippen LogP contribution < -0.4 is 11.1 Å². The van der Waals surface area contributed by atoms with Crippen LogP contribution in [0.25, 0.3) is 0 Å². The van der Waals surface area contributed by atoms with E-state index in [1.54, 1.807) is 17.0 Å². The molecule has 2 heterocycles. The number of amides is 3. The third-order valence-electron chi connectivity index (χ3n) is 6.20. The molecular formula is C24H28N4O3. The average molecular weight is 421 g/mol. The zero-order valence-electron chi connectivity index (χ0n) is 17.8. The molecule has 3 N–H and O–H groups in total. The minimum absolute atomic E-state index is 0.0158. The van der Waals surface area contributed by atoms with E-state index < -0.39 is 5.91 Å². The Morgan fingerprint density at radius 2 is 1.94 bits per heavy atom. The monoisotopic (exact) mass is 420 g/mol. The minimum atomic E-state index is -0.476. The first kappa shape index (κ1) is 21.1. The molecule has 1 fully saturated rings. The van der Waals surface area contributed by atoms with Crippen LogP contribution in [-0.2, 0) is 22.4 Å². The number of fused-ring (bicyclic) bond motifs is 1. The molecule has 0 radical (unpaired) electrons. The normalized spacial score (nSPS) is 16.6. The Morgan fingerprint density at radius 3 is 2.68 bits per heavy atom. The maximum Gasteiger partial charge on any atom is 0.248 e. The fourth-order valence-electron chi connectivity index (χ4n) is 4.41. The van der Waals surface area contributed by atoms with E-state index in [0.717, 1.165) is 48.3 Å². The average Bonchev–Trinajstić information content (AvgIpc) is 3.39. The van der Waals surface area contributed by atoms with E-state index in [1.165, 1.54) is 0 Å². The first-order chi connectivity index (χ1) is 14.9. The van der Waals surface area contributed by atoms with Gasteiger partial charge in [0.25, 0.3) is 0 Å². The van der Waals surface area contributed by atoms with Crippen molar-refractivity contribution < 1.29 is 14.4 Å². The number of likely N-dealkylation sites (N-methyl/N-ethyl adjacent to an activating group) is 1. The van der Waals surface area contributed by atoms with Crippen molar-refractivity contribution in [3.8, 4) is 0 Å². The van der Waals surface area contributed by atoms with Crippen molar-refractivity contribution in [1.82, 2.24) is 9.80 Å². The van der Waals surface area contributed by atoms with Gasteiger partial charge in [0.15, 0.2) is 0 Å². The van der Waals surface area contributed by atoms with Crippen molar-refractivity contribution in [2.75, 3.05) is 32.0 Å². The molecule has 31 heavy (non-hydrogen) atoms. The quantitative estimate of drug-likeness (QED) is 0.717.